The zero-order chi connectivity index (χ0) is 14.0. The summed E-state index contributed by atoms with van der Waals surface area (Å²) < 4.78 is 27.2. The van der Waals surface area contributed by atoms with Crippen LogP contribution in [-0.2, 0) is 10.0 Å². The van der Waals surface area contributed by atoms with E-state index in [1.165, 1.54) is 6.20 Å². The van der Waals surface area contributed by atoms with Gasteiger partial charge in [-0.2, -0.15) is 5.10 Å². The fourth-order valence-electron chi connectivity index (χ4n) is 2.43. The topological polar surface area (TPSA) is 78.1 Å². The van der Waals surface area contributed by atoms with Gasteiger partial charge in [0.05, 0.1) is 11.9 Å². The van der Waals surface area contributed by atoms with Crippen molar-refractivity contribution >= 4 is 10.0 Å². The maximum absolute atomic E-state index is 12.2. The van der Waals surface area contributed by atoms with Crippen molar-refractivity contribution in [1.82, 2.24) is 19.8 Å². The van der Waals surface area contributed by atoms with E-state index in [2.05, 4.69) is 33.7 Å². The summed E-state index contributed by atoms with van der Waals surface area (Å²) in [5.41, 5.74) is 0.576. The molecule has 19 heavy (non-hydrogen) atoms. The summed E-state index contributed by atoms with van der Waals surface area (Å²) in [6, 6.07) is 0.544. The molecule has 0 radical (unpaired) electrons. The first kappa shape index (κ1) is 14.5. The summed E-state index contributed by atoms with van der Waals surface area (Å²) in [5.74, 6) is 0. The average Bonchev–Trinajstić information content (AvgIpc) is 2.76. The molecule has 108 valence electrons. The molecule has 6 nitrogen and oxygen atoms in total. The highest BCUT2D eigenvalue weighted by Gasteiger charge is 2.26. The molecule has 0 aliphatic carbocycles. The quantitative estimate of drug-likeness (QED) is 0.861. The summed E-state index contributed by atoms with van der Waals surface area (Å²) in [5, 5.41) is 6.42. The molecule has 2 heterocycles. The Morgan fingerprint density at radius 2 is 2.05 bits per heavy atom. The highest BCUT2D eigenvalue weighted by Crippen LogP contribution is 2.17. The Morgan fingerprint density at radius 1 is 1.42 bits per heavy atom. The van der Waals surface area contributed by atoms with Crippen molar-refractivity contribution in [1.29, 1.82) is 0 Å². The van der Waals surface area contributed by atoms with E-state index < -0.39 is 10.0 Å². The van der Waals surface area contributed by atoms with Crippen molar-refractivity contribution in [3.63, 3.8) is 0 Å². The van der Waals surface area contributed by atoms with Crippen molar-refractivity contribution < 1.29 is 8.42 Å². The number of nitrogens with zero attached hydrogens (tertiary/aromatic N) is 2. The number of sulfonamides is 1. The first-order valence-corrected chi connectivity index (χ1v) is 8.15. The second-order valence-electron chi connectivity index (χ2n) is 5.38. The van der Waals surface area contributed by atoms with Gasteiger partial charge in [-0.15, -0.1) is 0 Å². The third-order valence-corrected chi connectivity index (χ3v) is 5.29. The first-order chi connectivity index (χ1) is 8.90. The predicted molar refractivity (Wildman–Crippen MR) is 73.4 cm³/mol. The van der Waals surface area contributed by atoms with Gasteiger partial charge >= 0.3 is 0 Å². The Balaban J connectivity index is 1.98. The SMILES string of the molecule is Cc1[nH]ncc1S(=O)(=O)NC1CCN(C(C)C)CC1. The molecule has 1 aromatic heterocycles. The zero-order valence-electron chi connectivity index (χ0n) is 11.7. The summed E-state index contributed by atoms with van der Waals surface area (Å²) >= 11 is 0. The minimum absolute atomic E-state index is 0.0225. The maximum atomic E-state index is 12.2. The van der Waals surface area contributed by atoms with E-state index in [9.17, 15) is 8.42 Å². The van der Waals surface area contributed by atoms with Crippen molar-refractivity contribution in [3.8, 4) is 0 Å². The van der Waals surface area contributed by atoms with Gasteiger partial charge in [-0.25, -0.2) is 13.1 Å². The van der Waals surface area contributed by atoms with Gasteiger partial charge in [0.1, 0.15) is 4.90 Å². The van der Waals surface area contributed by atoms with E-state index in [1.54, 1.807) is 6.92 Å². The van der Waals surface area contributed by atoms with Crippen LogP contribution in [0.1, 0.15) is 32.4 Å². The van der Waals surface area contributed by atoms with Crippen LogP contribution in [0.2, 0.25) is 0 Å². The molecule has 0 atom stereocenters. The molecule has 0 saturated carbocycles. The summed E-state index contributed by atoms with van der Waals surface area (Å²) in [6.07, 6.45) is 3.07. The van der Waals surface area contributed by atoms with Gasteiger partial charge in [0.25, 0.3) is 0 Å². The summed E-state index contributed by atoms with van der Waals surface area (Å²) in [6.45, 7) is 7.92. The minimum Gasteiger partial charge on any atom is -0.301 e. The zero-order valence-corrected chi connectivity index (χ0v) is 12.5. The van der Waals surface area contributed by atoms with Gasteiger partial charge in [-0.3, -0.25) is 5.10 Å². The predicted octanol–water partition coefficient (Wildman–Crippen LogP) is 0.869. The van der Waals surface area contributed by atoms with Crippen LogP contribution in [0.4, 0.5) is 0 Å². The van der Waals surface area contributed by atoms with E-state index >= 15 is 0 Å². The molecule has 0 bridgehead atoms. The van der Waals surface area contributed by atoms with Crippen LogP contribution >= 0.6 is 0 Å². The highest BCUT2D eigenvalue weighted by atomic mass is 32.2. The monoisotopic (exact) mass is 286 g/mol. The average molecular weight is 286 g/mol. The molecule has 0 unspecified atom stereocenters. The number of rotatable bonds is 4. The van der Waals surface area contributed by atoms with Crippen molar-refractivity contribution in [3.05, 3.63) is 11.9 Å². The number of H-pyrrole nitrogens is 1. The molecule has 1 aliphatic heterocycles. The van der Waals surface area contributed by atoms with E-state index in [4.69, 9.17) is 0 Å². The van der Waals surface area contributed by atoms with Crippen LogP contribution in [0.15, 0.2) is 11.1 Å². The number of piperidine rings is 1. The Labute approximate surface area is 114 Å². The van der Waals surface area contributed by atoms with Crippen LogP contribution in [0.3, 0.4) is 0 Å². The molecular weight excluding hydrogens is 264 g/mol. The molecule has 0 amide bonds. The second-order valence-corrected chi connectivity index (χ2v) is 7.07. The van der Waals surface area contributed by atoms with Gasteiger partial charge in [0.15, 0.2) is 0 Å². The largest absolute Gasteiger partial charge is 0.301 e. The van der Waals surface area contributed by atoms with E-state index in [-0.39, 0.29) is 10.9 Å². The van der Waals surface area contributed by atoms with Crippen LogP contribution in [-0.4, -0.2) is 48.7 Å². The lowest BCUT2D eigenvalue weighted by atomic mass is 10.1. The van der Waals surface area contributed by atoms with Crippen LogP contribution in [0.5, 0.6) is 0 Å². The van der Waals surface area contributed by atoms with Gasteiger partial charge < -0.3 is 4.90 Å². The fourth-order valence-corrected chi connectivity index (χ4v) is 3.87. The van der Waals surface area contributed by atoms with E-state index in [0.29, 0.717) is 11.7 Å². The van der Waals surface area contributed by atoms with Gasteiger partial charge in [-0.05, 0) is 46.7 Å². The number of nitrogens with one attached hydrogen (secondary N) is 2. The van der Waals surface area contributed by atoms with E-state index in [0.717, 1.165) is 25.9 Å². The normalized spacial score (nSPS) is 19.2. The third kappa shape index (κ3) is 3.34. The first-order valence-electron chi connectivity index (χ1n) is 6.66. The lowest BCUT2D eigenvalue weighted by molar-refractivity contribution is 0.168. The highest BCUT2D eigenvalue weighted by molar-refractivity contribution is 7.89. The second kappa shape index (κ2) is 5.60. The fraction of sp³-hybridized carbons (Fsp3) is 0.750. The minimum atomic E-state index is -3.45. The molecule has 2 rings (SSSR count). The summed E-state index contributed by atoms with van der Waals surface area (Å²) in [7, 11) is -3.45. The smallest absolute Gasteiger partial charge is 0.244 e. The van der Waals surface area contributed by atoms with Gasteiger partial charge in [0.2, 0.25) is 10.0 Å². The number of aromatic nitrogens is 2. The number of hydrogen-bond donors (Lipinski definition) is 2. The molecule has 0 aromatic carbocycles. The Morgan fingerprint density at radius 3 is 2.53 bits per heavy atom. The molecule has 7 heteroatoms. The van der Waals surface area contributed by atoms with Crippen molar-refractivity contribution in [2.24, 2.45) is 0 Å². The molecule has 2 N–H and O–H groups in total. The molecule has 1 aromatic rings. The molecular formula is C12H22N4O2S. The Kier molecular flexibility index (Phi) is 4.27. The number of likely N-dealkylation sites (tertiary alicyclic amines) is 1. The number of hydrogen-bond acceptors (Lipinski definition) is 4. The molecule has 1 saturated heterocycles. The van der Waals surface area contributed by atoms with Gasteiger partial charge in [-0.1, -0.05) is 0 Å². The van der Waals surface area contributed by atoms with E-state index in [1.807, 2.05) is 0 Å². The van der Waals surface area contributed by atoms with Crippen molar-refractivity contribution in [2.45, 2.75) is 50.6 Å². The Hall–Kier alpha value is -0.920. The maximum Gasteiger partial charge on any atom is 0.244 e. The lowest BCUT2D eigenvalue weighted by Crippen LogP contribution is -2.46. The lowest BCUT2D eigenvalue weighted by Gasteiger charge is -2.34. The Bertz CT molecular complexity index is 516. The van der Waals surface area contributed by atoms with Crippen LogP contribution in [0, 0.1) is 6.92 Å². The van der Waals surface area contributed by atoms with Gasteiger partial charge in [0, 0.05) is 12.1 Å². The standard InChI is InChI=1S/C12H22N4O2S/c1-9(2)16-6-4-11(5-7-16)15-19(17,18)12-8-13-14-10(12)3/h8-9,11,15H,4-7H2,1-3H3,(H,13,14). The summed E-state index contributed by atoms with van der Waals surface area (Å²) in [4.78, 5) is 2.62. The molecule has 1 fully saturated rings. The molecule has 0 spiro atoms. The van der Waals surface area contributed by atoms with Crippen molar-refractivity contribution in [2.75, 3.05) is 13.1 Å². The van der Waals surface area contributed by atoms with Crippen LogP contribution < -0.4 is 4.72 Å². The third-order valence-electron chi connectivity index (χ3n) is 3.65. The number of aryl methyl sites for hydroxylation is 1. The van der Waals surface area contributed by atoms with Crippen LogP contribution in [0.25, 0.3) is 0 Å². The number of aromatic amines is 1. The molecule has 1 aliphatic rings.